The molecule has 0 aliphatic rings. The maximum absolute atomic E-state index is 12.4. The molecule has 0 bridgehead atoms. The largest absolute Gasteiger partial charge is 0.217 e. The Labute approximate surface area is 122 Å². The van der Waals surface area contributed by atoms with Crippen LogP contribution in [0.2, 0.25) is 0 Å². The third-order valence-electron chi connectivity index (χ3n) is 2.78. The molecule has 0 spiro atoms. The molecule has 0 aromatic carbocycles. The van der Waals surface area contributed by atoms with Crippen LogP contribution in [0.25, 0.3) is 0 Å². The van der Waals surface area contributed by atoms with Gasteiger partial charge in [-0.1, -0.05) is 12.1 Å². The first kappa shape index (κ1) is 14.7. The zero-order valence-electron chi connectivity index (χ0n) is 10.9. The highest BCUT2D eigenvalue weighted by Gasteiger charge is 2.26. The molecule has 3 nitrogen and oxygen atoms in total. The van der Waals surface area contributed by atoms with E-state index in [1.807, 2.05) is 35.0 Å². The van der Waals surface area contributed by atoms with Gasteiger partial charge in [0.2, 0.25) is 10.0 Å². The Balaban J connectivity index is 2.23. The fourth-order valence-electron chi connectivity index (χ4n) is 1.69. The summed E-state index contributed by atoms with van der Waals surface area (Å²) in [5.41, 5.74) is 0. The van der Waals surface area contributed by atoms with Crippen molar-refractivity contribution in [2.24, 2.45) is 0 Å². The van der Waals surface area contributed by atoms with Crippen LogP contribution in [0.4, 0.5) is 0 Å². The van der Waals surface area contributed by atoms with E-state index in [4.69, 9.17) is 0 Å². The lowest BCUT2D eigenvalue weighted by Crippen LogP contribution is -2.35. The Hall–Kier alpha value is -0.690. The molecular weight excluding hydrogens is 298 g/mol. The molecule has 0 radical (unpaired) electrons. The van der Waals surface area contributed by atoms with E-state index in [9.17, 15) is 8.42 Å². The van der Waals surface area contributed by atoms with E-state index in [0.717, 1.165) is 9.75 Å². The number of hydrogen-bond donors (Lipinski definition) is 0. The minimum atomic E-state index is -3.24. The van der Waals surface area contributed by atoms with Crippen LogP contribution in [0, 0.1) is 0 Å². The fraction of sp³-hybridized carbons (Fsp3) is 0.385. The molecule has 2 rings (SSSR count). The monoisotopic (exact) mass is 315 g/mol. The molecule has 19 heavy (non-hydrogen) atoms. The molecule has 0 amide bonds. The number of rotatable bonds is 6. The summed E-state index contributed by atoms with van der Waals surface area (Å²) in [5, 5.41) is 3.55. The van der Waals surface area contributed by atoms with Gasteiger partial charge < -0.3 is 0 Å². The highest BCUT2D eigenvalue weighted by Crippen LogP contribution is 2.21. The van der Waals surface area contributed by atoms with E-state index < -0.39 is 15.3 Å². The Morgan fingerprint density at radius 1 is 1.05 bits per heavy atom. The van der Waals surface area contributed by atoms with E-state index in [0.29, 0.717) is 13.1 Å². The molecule has 0 aliphatic carbocycles. The number of sulfonamides is 1. The summed E-state index contributed by atoms with van der Waals surface area (Å²) in [6.07, 6.45) is 0. The summed E-state index contributed by atoms with van der Waals surface area (Å²) >= 11 is 3.18. The Kier molecular flexibility index (Phi) is 4.78. The van der Waals surface area contributed by atoms with Crippen LogP contribution in [0.3, 0.4) is 0 Å². The van der Waals surface area contributed by atoms with Crippen molar-refractivity contribution in [1.29, 1.82) is 0 Å². The van der Waals surface area contributed by atoms with Crippen molar-refractivity contribution in [1.82, 2.24) is 4.31 Å². The van der Waals surface area contributed by atoms with Crippen molar-refractivity contribution in [3.05, 3.63) is 44.8 Å². The van der Waals surface area contributed by atoms with Crippen LogP contribution in [-0.2, 0) is 23.1 Å². The number of thiophene rings is 2. The third kappa shape index (κ3) is 3.66. The topological polar surface area (TPSA) is 37.4 Å². The summed E-state index contributed by atoms with van der Waals surface area (Å²) in [6.45, 7) is 4.36. The highest BCUT2D eigenvalue weighted by atomic mass is 32.2. The molecule has 0 N–H and O–H groups in total. The van der Waals surface area contributed by atoms with E-state index in [1.165, 1.54) is 0 Å². The maximum atomic E-state index is 12.4. The van der Waals surface area contributed by atoms with E-state index >= 15 is 0 Å². The Bertz CT molecular complexity index is 550. The first-order chi connectivity index (χ1) is 9.00. The molecular formula is C13H17NO2S3. The standard InChI is InChI=1S/C13H17NO2S3/c1-11(2)19(15,16)14(9-12-5-3-7-17-12)10-13-6-4-8-18-13/h3-8,11H,9-10H2,1-2H3. The Morgan fingerprint density at radius 2 is 1.53 bits per heavy atom. The van der Waals surface area contributed by atoms with Gasteiger partial charge in [0.1, 0.15) is 0 Å². The van der Waals surface area contributed by atoms with Crippen LogP contribution >= 0.6 is 22.7 Å². The first-order valence-corrected chi connectivity index (χ1v) is 9.30. The van der Waals surface area contributed by atoms with E-state index in [2.05, 4.69) is 0 Å². The summed E-state index contributed by atoms with van der Waals surface area (Å²) in [5.74, 6) is 0. The molecule has 0 fully saturated rings. The van der Waals surface area contributed by atoms with Gasteiger partial charge in [0.25, 0.3) is 0 Å². The molecule has 2 aromatic heterocycles. The average Bonchev–Trinajstić information content (AvgIpc) is 3.00. The second-order valence-electron chi connectivity index (χ2n) is 4.52. The molecule has 0 atom stereocenters. The number of nitrogens with zero attached hydrogens (tertiary/aromatic N) is 1. The van der Waals surface area contributed by atoms with Gasteiger partial charge in [-0.2, -0.15) is 4.31 Å². The van der Waals surface area contributed by atoms with Gasteiger partial charge in [0.05, 0.1) is 5.25 Å². The van der Waals surface area contributed by atoms with Crippen molar-refractivity contribution in [3.63, 3.8) is 0 Å². The lowest BCUT2D eigenvalue weighted by atomic mass is 10.4. The zero-order chi connectivity index (χ0) is 13.9. The smallest absolute Gasteiger partial charge is 0.212 e. The summed E-state index contributed by atoms with van der Waals surface area (Å²) < 4.78 is 26.4. The summed E-state index contributed by atoms with van der Waals surface area (Å²) in [7, 11) is -3.24. The fourth-order valence-corrected chi connectivity index (χ4v) is 4.52. The molecule has 104 valence electrons. The van der Waals surface area contributed by atoms with Gasteiger partial charge in [0.15, 0.2) is 0 Å². The second-order valence-corrected chi connectivity index (χ2v) is 9.07. The first-order valence-electron chi connectivity index (χ1n) is 6.04. The van der Waals surface area contributed by atoms with Gasteiger partial charge >= 0.3 is 0 Å². The van der Waals surface area contributed by atoms with Crippen molar-refractivity contribution in [3.8, 4) is 0 Å². The van der Waals surface area contributed by atoms with Crippen LogP contribution in [0.15, 0.2) is 35.0 Å². The highest BCUT2D eigenvalue weighted by molar-refractivity contribution is 7.89. The average molecular weight is 315 g/mol. The SMILES string of the molecule is CC(C)S(=O)(=O)N(Cc1cccs1)Cc1cccs1. The lowest BCUT2D eigenvalue weighted by molar-refractivity contribution is 0.402. The molecule has 0 unspecified atom stereocenters. The Morgan fingerprint density at radius 3 is 1.84 bits per heavy atom. The summed E-state index contributed by atoms with van der Waals surface area (Å²) in [6, 6.07) is 7.85. The normalized spacial score (nSPS) is 12.4. The molecule has 2 heterocycles. The lowest BCUT2D eigenvalue weighted by Gasteiger charge is -2.23. The van der Waals surface area contributed by atoms with Crippen LogP contribution in [0.5, 0.6) is 0 Å². The van der Waals surface area contributed by atoms with Gasteiger partial charge in [-0.15, -0.1) is 22.7 Å². The summed E-state index contributed by atoms with van der Waals surface area (Å²) in [4.78, 5) is 2.14. The van der Waals surface area contributed by atoms with Crippen LogP contribution in [-0.4, -0.2) is 18.0 Å². The van der Waals surface area contributed by atoms with Crippen LogP contribution in [0.1, 0.15) is 23.6 Å². The third-order valence-corrected chi connectivity index (χ3v) is 6.67. The maximum Gasteiger partial charge on any atom is 0.217 e. The molecule has 0 aliphatic heterocycles. The molecule has 0 saturated heterocycles. The quantitative estimate of drug-likeness (QED) is 0.817. The molecule has 6 heteroatoms. The second kappa shape index (κ2) is 6.17. The van der Waals surface area contributed by atoms with E-state index in [-0.39, 0.29) is 0 Å². The van der Waals surface area contributed by atoms with Crippen molar-refractivity contribution < 1.29 is 8.42 Å². The van der Waals surface area contributed by atoms with Crippen molar-refractivity contribution in [2.75, 3.05) is 0 Å². The predicted molar refractivity (Wildman–Crippen MR) is 81.9 cm³/mol. The predicted octanol–water partition coefficient (Wildman–Crippen LogP) is 3.55. The van der Waals surface area contributed by atoms with Gasteiger partial charge in [-0.25, -0.2) is 8.42 Å². The number of hydrogen-bond acceptors (Lipinski definition) is 4. The minimum Gasteiger partial charge on any atom is -0.212 e. The molecule has 2 aromatic rings. The van der Waals surface area contributed by atoms with Gasteiger partial charge in [-0.05, 0) is 36.7 Å². The van der Waals surface area contributed by atoms with Crippen molar-refractivity contribution in [2.45, 2.75) is 32.2 Å². The van der Waals surface area contributed by atoms with Gasteiger partial charge in [-0.3, -0.25) is 0 Å². The minimum absolute atomic E-state index is 0.396. The zero-order valence-corrected chi connectivity index (χ0v) is 13.4. The van der Waals surface area contributed by atoms with Gasteiger partial charge in [0, 0.05) is 22.8 Å². The van der Waals surface area contributed by atoms with E-state index in [1.54, 1.807) is 40.8 Å². The van der Waals surface area contributed by atoms with Crippen molar-refractivity contribution >= 4 is 32.7 Å². The van der Waals surface area contributed by atoms with Crippen LogP contribution < -0.4 is 0 Å². The molecule has 0 saturated carbocycles.